The van der Waals surface area contributed by atoms with Crippen LogP contribution < -0.4 is 0 Å². The van der Waals surface area contributed by atoms with Gasteiger partial charge in [0.2, 0.25) is 0 Å². The molecule has 0 fully saturated rings. The number of rotatable bonds is 4. The van der Waals surface area contributed by atoms with Gasteiger partial charge in [-0.05, 0) is 54.4 Å². The van der Waals surface area contributed by atoms with Gasteiger partial charge in [-0.1, -0.05) is 22.0 Å². The van der Waals surface area contributed by atoms with Gasteiger partial charge in [-0.25, -0.2) is 4.39 Å². The SMILES string of the molecule is Cc1ccc(F)cc1C(O)CSc1ccc(Br)cc1. The van der Waals surface area contributed by atoms with E-state index < -0.39 is 6.10 Å². The van der Waals surface area contributed by atoms with Gasteiger partial charge in [0.15, 0.2) is 0 Å². The van der Waals surface area contributed by atoms with E-state index in [-0.39, 0.29) is 5.82 Å². The zero-order valence-corrected chi connectivity index (χ0v) is 12.8. The predicted molar refractivity (Wildman–Crippen MR) is 81.0 cm³/mol. The first kappa shape index (κ1) is 14.6. The van der Waals surface area contributed by atoms with Crippen LogP contribution in [0.15, 0.2) is 51.8 Å². The zero-order chi connectivity index (χ0) is 13.8. The summed E-state index contributed by atoms with van der Waals surface area (Å²) < 4.78 is 14.2. The van der Waals surface area contributed by atoms with E-state index in [0.717, 1.165) is 14.9 Å². The molecular formula is C15H14BrFOS. The molecule has 4 heteroatoms. The molecule has 0 amide bonds. The molecule has 0 aliphatic rings. The first-order chi connectivity index (χ1) is 9.06. The molecule has 0 aliphatic carbocycles. The summed E-state index contributed by atoms with van der Waals surface area (Å²) in [5.74, 6) is 0.194. The van der Waals surface area contributed by atoms with E-state index in [2.05, 4.69) is 15.9 Å². The van der Waals surface area contributed by atoms with Crippen LogP contribution in [0.2, 0.25) is 0 Å². The Morgan fingerprint density at radius 3 is 2.58 bits per heavy atom. The van der Waals surface area contributed by atoms with Crippen LogP contribution in [-0.2, 0) is 0 Å². The molecule has 2 aromatic carbocycles. The van der Waals surface area contributed by atoms with Crippen molar-refractivity contribution in [3.63, 3.8) is 0 Å². The van der Waals surface area contributed by atoms with Crippen molar-refractivity contribution in [2.45, 2.75) is 17.9 Å². The normalized spacial score (nSPS) is 12.4. The topological polar surface area (TPSA) is 20.2 Å². The van der Waals surface area contributed by atoms with E-state index >= 15 is 0 Å². The fourth-order valence-corrected chi connectivity index (χ4v) is 2.89. The predicted octanol–water partition coefficient (Wildman–Crippen LogP) is 4.72. The average molecular weight is 341 g/mol. The molecule has 0 radical (unpaired) electrons. The number of hydrogen-bond acceptors (Lipinski definition) is 2. The lowest BCUT2D eigenvalue weighted by Gasteiger charge is -2.13. The summed E-state index contributed by atoms with van der Waals surface area (Å²) in [6.07, 6.45) is -0.663. The number of hydrogen-bond donors (Lipinski definition) is 1. The first-order valence-corrected chi connectivity index (χ1v) is 7.66. The molecule has 1 N–H and O–H groups in total. The molecule has 0 heterocycles. The highest BCUT2D eigenvalue weighted by Gasteiger charge is 2.12. The monoisotopic (exact) mass is 340 g/mol. The lowest BCUT2D eigenvalue weighted by atomic mass is 10.0. The van der Waals surface area contributed by atoms with Crippen molar-refractivity contribution in [1.29, 1.82) is 0 Å². The van der Waals surface area contributed by atoms with Gasteiger partial charge in [-0.3, -0.25) is 0 Å². The number of thioether (sulfide) groups is 1. The number of aliphatic hydroxyl groups is 1. The maximum atomic E-state index is 13.2. The third-order valence-electron chi connectivity index (χ3n) is 2.82. The molecule has 0 spiro atoms. The molecule has 1 nitrogen and oxygen atoms in total. The van der Waals surface area contributed by atoms with E-state index in [1.807, 2.05) is 31.2 Å². The molecule has 2 rings (SSSR count). The van der Waals surface area contributed by atoms with Crippen molar-refractivity contribution in [3.8, 4) is 0 Å². The zero-order valence-electron chi connectivity index (χ0n) is 10.4. The summed E-state index contributed by atoms with van der Waals surface area (Å²) in [6, 6.07) is 12.4. The summed E-state index contributed by atoms with van der Waals surface area (Å²) >= 11 is 4.93. The van der Waals surface area contributed by atoms with E-state index in [4.69, 9.17) is 0 Å². The first-order valence-electron chi connectivity index (χ1n) is 5.89. The maximum Gasteiger partial charge on any atom is 0.123 e. The Bertz CT molecular complexity index is 557. The lowest BCUT2D eigenvalue weighted by Crippen LogP contribution is -2.03. The van der Waals surface area contributed by atoms with Crippen LogP contribution in [0.3, 0.4) is 0 Å². The van der Waals surface area contributed by atoms with Crippen LogP contribution in [0.5, 0.6) is 0 Å². The summed E-state index contributed by atoms with van der Waals surface area (Å²) in [5, 5.41) is 10.1. The Hall–Kier alpha value is -0.840. The fraction of sp³-hybridized carbons (Fsp3) is 0.200. The van der Waals surface area contributed by atoms with Gasteiger partial charge in [0.05, 0.1) is 6.10 Å². The van der Waals surface area contributed by atoms with Gasteiger partial charge < -0.3 is 5.11 Å². The number of aliphatic hydroxyl groups excluding tert-OH is 1. The van der Waals surface area contributed by atoms with Crippen molar-refractivity contribution in [1.82, 2.24) is 0 Å². The van der Waals surface area contributed by atoms with Crippen LogP contribution >= 0.6 is 27.7 Å². The molecule has 1 atom stereocenters. The van der Waals surface area contributed by atoms with Crippen LogP contribution in [-0.4, -0.2) is 10.9 Å². The standard InChI is InChI=1S/C15H14BrFOS/c1-10-2-5-12(17)8-14(10)15(18)9-19-13-6-3-11(16)4-7-13/h2-8,15,18H,9H2,1H3. The second-order valence-corrected chi connectivity index (χ2v) is 6.29. The van der Waals surface area contributed by atoms with Crippen LogP contribution in [0.1, 0.15) is 17.2 Å². The third-order valence-corrected chi connectivity index (χ3v) is 4.44. The second kappa shape index (κ2) is 6.55. The molecule has 0 aliphatic heterocycles. The van der Waals surface area contributed by atoms with E-state index in [9.17, 15) is 9.50 Å². The quantitative estimate of drug-likeness (QED) is 0.812. The van der Waals surface area contributed by atoms with Crippen molar-refractivity contribution in [2.75, 3.05) is 5.75 Å². The molecule has 2 aromatic rings. The van der Waals surface area contributed by atoms with Gasteiger partial charge in [-0.2, -0.15) is 0 Å². The van der Waals surface area contributed by atoms with E-state index in [1.54, 1.807) is 17.8 Å². The Morgan fingerprint density at radius 1 is 1.21 bits per heavy atom. The van der Waals surface area contributed by atoms with Gasteiger partial charge in [0.25, 0.3) is 0 Å². The Labute approximate surface area is 125 Å². The van der Waals surface area contributed by atoms with Crippen LogP contribution in [0, 0.1) is 12.7 Å². The van der Waals surface area contributed by atoms with Crippen LogP contribution in [0.25, 0.3) is 0 Å². The van der Waals surface area contributed by atoms with Gasteiger partial charge in [-0.15, -0.1) is 11.8 Å². The summed E-state index contributed by atoms with van der Waals surface area (Å²) in [7, 11) is 0. The van der Waals surface area contributed by atoms with Crippen molar-refractivity contribution in [3.05, 3.63) is 63.9 Å². The molecule has 0 saturated heterocycles. The highest BCUT2D eigenvalue weighted by Crippen LogP contribution is 2.27. The summed E-state index contributed by atoms with van der Waals surface area (Å²) in [5.41, 5.74) is 1.56. The molecule has 0 saturated carbocycles. The molecule has 19 heavy (non-hydrogen) atoms. The van der Waals surface area contributed by atoms with Crippen molar-refractivity contribution in [2.24, 2.45) is 0 Å². The smallest absolute Gasteiger partial charge is 0.123 e. The second-order valence-electron chi connectivity index (χ2n) is 4.28. The molecule has 1 unspecified atom stereocenters. The Balaban J connectivity index is 2.03. The average Bonchev–Trinajstić information content (AvgIpc) is 2.40. The fourth-order valence-electron chi connectivity index (χ4n) is 1.77. The van der Waals surface area contributed by atoms with Gasteiger partial charge >= 0.3 is 0 Å². The number of halogens is 2. The lowest BCUT2D eigenvalue weighted by molar-refractivity contribution is 0.203. The molecule has 100 valence electrons. The maximum absolute atomic E-state index is 13.2. The highest BCUT2D eigenvalue weighted by atomic mass is 79.9. The largest absolute Gasteiger partial charge is 0.388 e. The Morgan fingerprint density at radius 2 is 1.89 bits per heavy atom. The Kier molecular flexibility index (Phi) is 5.02. The van der Waals surface area contributed by atoms with E-state index in [1.165, 1.54) is 12.1 Å². The van der Waals surface area contributed by atoms with Crippen LogP contribution in [0.4, 0.5) is 4.39 Å². The minimum atomic E-state index is -0.663. The third kappa shape index (κ3) is 4.06. The minimum Gasteiger partial charge on any atom is -0.388 e. The van der Waals surface area contributed by atoms with Crippen molar-refractivity contribution >= 4 is 27.7 Å². The highest BCUT2D eigenvalue weighted by molar-refractivity contribution is 9.10. The van der Waals surface area contributed by atoms with Crippen molar-refractivity contribution < 1.29 is 9.50 Å². The summed E-state index contributed by atoms with van der Waals surface area (Å²) in [4.78, 5) is 1.08. The molecule has 0 aromatic heterocycles. The van der Waals surface area contributed by atoms with Gasteiger partial charge in [0.1, 0.15) is 5.82 Å². The molecule has 0 bridgehead atoms. The van der Waals surface area contributed by atoms with E-state index in [0.29, 0.717) is 11.3 Å². The molecular weight excluding hydrogens is 327 g/mol. The minimum absolute atomic E-state index is 0.312. The summed E-state index contributed by atoms with van der Waals surface area (Å²) in [6.45, 7) is 1.88. The number of benzene rings is 2. The van der Waals surface area contributed by atoms with Gasteiger partial charge in [0, 0.05) is 15.1 Å². The number of aryl methyl sites for hydroxylation is 1.